The van der Waals surface area contributed by atoms with Crippen LogP contribution in [-0.4, -0.2) is 65.7 Å². The lowest BCUT2D eigenvalue weighted by Gasteiger charge is -2.26. The van der Waals surface area contributed by atoms with Crippen LogP contribution in [0.4, 0.5) is 0 Å². The van der Waals surface area contributed by atoms with Crippen LogP contribution < -0.4 is 16.0 Å². The molecule has 1 saturated heterocycles. The van der Waals surface area contributed by atoms with E-state index >= 15 is 0 Å². The quantitative estimate of drug-likeness (QED) is 0.291. The molecule has 1 aromatic rings. The zero-order valence-corrected chi connectivity index (χ0v) is 23.3. The average molecular weight is 562 g/mol. The lowest BCUT2D eigenvalue weighted by atomic mass is 9.88. The highest BCUT2D eigenvalue weighted by atomic mass is 33.1. The molecule has 9 nitrogen and oxygen atoms in total. The van der Waals surface area contributed by atoms with Crippen molar-refractivity contribution in [1.82, 2.24) is 16.0 Å². The Bertz CT molecular complexity index is 1030. The van der Waals surface area contributed by atoms with E-state index in [1.54, 1.807) is 16.9 Å². The summed E-state index contributed by atoms with van der Waals surface area (Å²) in [4.78, 5) is 65.4. The van der Waals surface area contributed by atoms with Gasteiger partial charge in [0, 0.05) is 36.7 Å². The molecular weight excluding hydrogens is 526 g/mol. The summed E-state index contributed by atoms with van der Waals surface area (Å²) in [6, 6.07) is 7.32. The van der Waals surface area contributed by atoms with E-state index in [-0.39, 0.29) is 36.7 Å². The molecule has 2 heterocycles. The normalized spacial score (nSPS) is 27.5. The molecule has 38 heavy (non-hydrogen) atoms. The van der Waals surface area contributed by atoms with Crippen molar-refractivity contribution in [1.29, 1.82) is 0 Å². The number of amides is 3. The van der Waals surface area contributed by atoms with Gasteiger partial charge in [0.15, 0.2) is 0 Å². The first kappa shape index (κ1) is 29.8. The van der Waals surface area contributed by atoms with Crippen LogP contribution in [0.2, 0.25) is 0 Å². The van der Waals surface area contributed by atoms with Gasteiger partial charge < -0.3 is 20.7 Å². The number of fused-ring (bicyclic) bond motifs is 7. The van der Waals surface area contributed by atoms with Gasteiger partial charge >= 0.3 is 5.97 Å². The molecule has 3 amide bonds. The van der Waals surface area contributed by atoms with Gasteiger partial charge in [0.05, 0.1) is 0 Å². The number of hydrogen-bond donors (Lipinski definition) is 3. The number of rotatable bonds is 3. The van der Waals surface area contributed by atoms with Gasteiger partial charge in [-0.2, -0.15) is 0 Å². The Morgan fingerprint density at radius 2 is 1.71 bits per heavy atom. The molecule has 4 atom stereocenters. The van der Waals surface area contributed by atoms with Crippen molar-refractivity contribution in [2.45, 2.75) is 57.7 Å². The van der Waals surface area contributed by atoms with Crippen LogP contribution in [0.25, 0.3) is 0 Å². The van der Waals surface area contributed by atoms with Crippen LogP contribution in [0.1, 0.15) is 38.7 Å². The zero-order chi connectivity index (χ0) is 27.5. The molecule has 11 heteroatoms. The van der Waals surface area contributed by atoms with Gasteiger partial charge in [-0.3, -0.25) is 24.0 Å². The molecule has 2 bridgehead atoms. The lowest BCUT2D eigenvalue weighted by Crippen LogP contribution is -2.56. The Kier molecular flexibility index (Phi) is 11.7. The Labute approximate surface area is 231 Å². The van der Waals surface area contributed by atoms with Crippen molar-refractivity contribution < 1.29 is 28.7 Å². The summed E-state index contributed by atoms with van der Waals surface area (Å²) < 4.78 is 5.52. The largest absolute Gasteiger partial charge is 0.456 e. The standard InChI is InChI=1S/C27H35N3O6S2/c1-17(2)21-14-19(31)13-20-10-6-7-11-37-38-16-23(30-25(21)33)27(35)29-22(12-18-8-4-3-5-9-18)26(34)28-15-24(32)36-20/h3-6,8-10,17,20-23H,7,11-16H2,1-2H3,(H,28,34)(H,29,35)(H,30,33)/b10-6+/t20-,21-,22+,23-/m1/s1. The van der Waals surface area contributed by atoms with Gasteiger partial charge in [0.2, 0.25) is 17.7 Å². The minimum absolute atomic E-state index is 0.0327. The van der Waals surface area contributed by atoms with Crippen LogP contribution in [0, 0.1) is 11.8 Å². The van der Waals surface area contributed by atoms with Gasteiger partial charge in [-0.05, 0) is 24.0 Å². The number of esters is 1. The lowest BCUT2D eigenvalue weighted by molar-refractivity contribution is -0.148. The summed E-state index contributed by atoms with van der Waals surface area (Å²) in [5.41, 5.74) is 0.824. The summed E-state index contributed by atoms with van der Waals surface area (Å²) in [5.74, 6) is -2.17. The molecule has 0 radical (unpaired) electrons. The minimum Gasteiger partial charge on any atom is -0.456 e. The number of nitrogens with one attached hydrogen (secondary N) is 3. The predicted octanol–water partition coefficient (Wildman–Crippen LogP) is 2.20. The second kappa shape index (κ2) is 15.0. The average Bonchev–Trinajstić information content (AvgIpc) is 2.88. The molecule has 3 N–H and O–H groups in total. The van der Waals surface area contributed by atoms with Crippen molar-refractivity contribution in [2.75, 3.05) is 18.1 Å². The first-order valence-electron chi connectivity index (χ1n) is 12.8. The van der Waals surface area contributed by atoms with E-state index in [9.17, 15) is 24.0 Å². The Balaban J connectivity index is 1.96. The summed E-state index contributed by atoms with van der Waals surface area (Å²) in [5, 5.41) is 8.17. The predicted molar refractivity (Wildman–Crippen MR) is 148 cm³/mol. The highest BCUT2D eigenvalue weighted by Crippen LogP contribution is 2.25. The number of carbonyl (C=O) groups excluding carboxylic acids is 5. The number of allylic oxidation sites excluding steroid dienone is 1. The second-order valence-electron chi connectivity index (χ2n) is 9.68. The second-order valence-corrected chi connectivity index (χ2v) is 12.3. The van der Waals surface area contributed by atoms with Crippen molar-refractivity contribution in [3.8, 4) is 0 Å². The van der Waals surface area contributed by atoms with Crippen molar-refractivity contribution in [3.05, 3.63) is 48.0 Å². The summed E-state index contributed by atoms with van der Waals surface area (Å²) >= 11 is 0. The number of ketones is 1. The van der Waals surface area contributed by atoms with Crippen LogP contribution in [0.15, 0.2) is 42.5 Å². The third-order valence-electron chi connectivity index (χ3n) is 6.29. The molecule has 1 aromatic carbocycles. The Morgan fingerprint density at radius 1 is 0.947 bits per heavy atom. The number of Topliss-reactive ketones (excluding diaryl/α,β-unsaturated/α-hetero) is 1. The van der Waals surface area contributed by atoms with Crippen LogP contribution in [-0.2, 0) is 35.1 Å². The fraction of sp³-hybridized carbons (Fsp3) is 0.519. The molecular formula is C27H35N3O6S2. The molecule has 2 aliphatic heterocycles. The van der Waals surface area contributed by atoms with Gasteiger partial charge in [-0.1, -0.05) is 71.8 Å². The summed E-state index contributed by atoms with van der Waals surface area (Å²) in [6.07, 6.45) is 3.52. The molecule has 3 rings (SSSR count). The maximum absolute atomic E-state index is 13.4. The number of ether oxygens (including phenoxy) is 1. The fourth-order valence-corrected chi connectivity index (χ4v) is 6.31. The van der Waals surface area contributed by atoms with Gasteiger partial charge in [-0.25, -0.2) is 0 Å². The third-order valence-corrected chi connectivity index (χ3v) is 8.74. The van der Waals surface area contributed by atoms with Crippen molar-refractivity contribution in [2.24, 2.45) is 11.8 Å². The van der Waals surface area contributed by atoms with Crippen molar-refractivity contribution >= 4 is 51.1 Å². The van der Waals surface area contributed by atoms with Gasteiger partial charge in [0.1, 0.15) is 30.5 Å². The molecule has 0 spiro atoms. The van der Waals surface area contributed by atoms with Gasteiger partial charge in [0.25, 0.3) is 0 Å². The first-order valence-corrected chi connectivity index (χ1v) is 15.3. The highest BCUT2D eigenvalue weighted by Gasteiger charge is 2.32. The molecule has 206 valence electrons. The van der Waals surface area contributed by atoms with E-state index in [2.05, 4.69) is 16.0 Å². The zero-order valence-electron chi connectivity index (χ0n) is 21.6. The Morgan fingerprint density at radius 3 is 2.45 bits per heavy atom. The highest BCUT2D eigenvalue weighted by molar-refractivity contribution is 8.76. The van der Waals surface area contributed by atoms with Gasteiger partial charge in [-0.15, -0.1) is 0 Å². The van der Waals surface area contributed by atoms with E-state index in [1.165, 1.54) is 10.8 Å². The van der Waals surface area contributed by atoms with Crippen LogP contribution in [0.3, 0.4) is 0 Å². The van der Waals surface area contributed by atoms with E-state index < -0.39 is 54.3 Å². The molecule has 2 aliphatic rings. The van der Waals surface area contributed by atoms with Crippen LogP contribution >= 0.6 is 21.6 Å². The summed E-state index contributed by atoms with van der Waals surface area (Å²) in [7, 11) is 3.00. The van der Waals surface area contributed by atoms with E-state index in [4.69, 9.17) is 4.74 Å². The summed E-state index contributed by atoms with van der Waals surface area (Å²) in [6.45, 7) is 3.29. The smallest absolute Gasteiger partial charge is 0.326 e. The maximum Gasteiger partial charge on any atom is 0.326 e. The topological polar surface area (TPSA) is 131 Å². The fourth-order valence-electron chi connectivity index (χ4n) is 4.16. The van der Waals surface area contributed by atoms with Crippen LogP contribution in [0.5, 0.6) is 0 Å². The SMILES string of the molecule is CC(C)[C@H]1CC(=O)C[C@H]2/C=C/CCSSC[C@@H](NC1=O)C(=O)N[C@@H](Cc1ccccc1)C(=O)NCC(=O)O2. The van der Waals surface area contributed by atoms with Crippen molar-refractivity contribution in [3.63, 3.8) is 0 Å². The monoisotopic (exact) mass is 561 g/mol. The molecule has 0 unspecified atom stereocenters. The molecule has 0 saturated carbocycles. The molecule has 0 aliphatic carbocycles. The van der Waals surface area contributed by atoms with E-state index in [0.717, 1.165) is 11.3 Å². The van der Waals surface area contributed by atoms with E-state index in [0.29, 0.717) is 6.42 Å². The minimum atomic E-state index is -0.975. The Hall–Kier alpha value is -2.79. The number of benzene rings is 1. The maximum atomic E-state index is 13.4. The van der Waals surface area contributed by atoms with E-state index in [1.807, 2.05) is 50.3 Å². The first-order chi connectivity index (χ1) is 18.2. The number of carbonyl (C=O) groups is 5. The third kappa shape index (κ3) is 9.50. The molecule has 1 fully saturated rings. The number of hydrogen-bond acceptors (Lipinski definition) is 8. The molecule has 0 aromatic heterocycles.